The number of carboxylic acids is 1. The van der Waals surface area contributed by atoms with Crippen molar-refractivity contribution in [2.24, 2.45) is 7.05 Å². The van der Waals surface area contributed by atoms with Gasteiger partial charge in [-0.15, -0.1) is 0 Å². The fraction of sp³-hybridized carbons (Fsp3) is 0.364. The highest BCUT2D eigenvalue weighted by Gasteiger charge is 2.17. The molecule has 3 heterocycles. The molecule has 0 unspecified atom stereocenters. The monoisotopic (exact) mass is 556 g/mol. The molecule has 0 spiro atoms. The Morgan fingerprint density at radius 2 is 1.63 bits per heavy atom. The number of aromatic nitrogens is 2. The molecule has 1 N–H and O–H groups in total. The third kappa shape index (κ3) is 8.82. The smallest absolute Gasteiger partial charge is 0.335 e. The Balaban J connectivity index is 0.000000171. The van der Waals surface area contributed by atoms with Crippen LogP contribution in [0.5, 0.6) is 0 Å². The second kappa shape index (κ2) is 14.7. The molecular formula is C33H40N4O4. The molecule has 0 atom stereocenters. The molecule has 216 valence electrons. The predicted octanol–water partition coefficient (Wildman–Crippen LogP) is 4.82. The molecule has 2 saturated heterocycles. The zero-order valence-corrected chi connectivity index (χ0v) is 24.3. The summed E-state index contributed by atoms with van der Waals surface area (Å²) in [5.41, 5.74) is 6.49. The maximum Gasteiger partial charge on any atom is 0.335 e. The summed E-state index contributed by atoms with van der Waals surface area (Å²) in [5.74, 6) is 0.0795. The van der Waals surface area contributed by atoms with Crippen LogP contribution >= 0.6 is 0 Å². The van der Waals surface area contributed by atoms with E-state index in [0.29, 0.717) is 5.56 Å². The van der Waals surface area contributed by atoms with E-state index in [1.807, 2.05) is 35.9 Å². The molecule has 0 aliphatic carbocycles. The molecule has 41 heavy (non-hydrogen) atoms. The van der Waals surface area contributed by atoms with E-state index in [1.54, 1.807) is 18.2 Å². The van der Waals surface area contributed by atoms with Crippen molar-refractivity contribution < 1.29 is 19.4 Å². The Hall–Kier alpha value is -3.85. The van der Waals surface area contributed by atoms with Crippen molar-refractivity contribution in [1.82, 2.24) is 19.4 Å². The summed E-state index contributed by atoms with van der Waals surface area (Å²) < 4.78 is 6.72. The van der Waals surface area contributed by atoms with Gasteiger partial charge in [-0.2, -0.15) is 0 Å². The molecule has 4 aromatic rings. The predicted molar refractivity (Wildman–Crippen MR) is 162 cm³/mol. The molecule has 3 aromatic carbocycles. The van der Waals surface area contributed by atoms with Gasteiger partial charge in [0.2, 0.25) is 0 Å². The largest absolute Gasteiger partial charge is 0.478 e. The molecule has 0 amide bonds. The highest BCUT2D eigenvalue weighted by Crippen LogP contribution is 2.18. The zero-order valence-electron chi connectivity index (χ0n) is 24.3. The van der Waals surface area contributed by atoms with E-state index in [4.69, 9.17) is 9.84 Å². The van der Waals surface area contributed by atoms with E-state index in [1.165, 1.54) is 23.1 Å². The molecule has 0 radical (unpaired) electrons. The second-order valence-corrected chi connectivity index (χ2v) is 10.7. The first-order valence-electron chi connectivity index (χ1n) is 14.1. The van der Waals surface area contributed by atoms with E-state index in [-0.39, 0.29) is 0 Å². The molecule has 6 rings (SSSR count). The van der Waals surface area contributed by atoms with Gasteiger partial charge in [0, 0.05) is 52.0 Å². The van der Waals surface area contributed by atoms with Crippen LogP contribution in [-0.4, -0.2) is 83.2 Å². The Morgan fingerprint density at radius 1 is 0.951 bits per heavy atom. The van der Waals surface area contributed by atoms with E-state index < -0.39 is 5.97 Å². The number of hydrogen-bond donors (Lipinski definition) is 1. The molecule has 0 bridgehead atoms. The Labute approximate surface area is 242 Å². The van der Waals surface area contributed by atoms with E-state index in [9.17, 15) is 9.59 Å². The number of likely N-dealkylation sites (N-methyl/N-ethyl adjacent to an activating group) is 1. The minimum absolute atomic E-state index is 0.302. The molecule has 2 aliphatic heterocycles. The first kappa shape index (κ1) is 30.1. The van der Waals surface area contributed by atoms with Crippen LogP contribution in [0, 0.1) is 6.92 Å². The SMILES string of the molecule is C1COC1.CN1CCN(Cc2nc3ccc(C(=O)O)cc3n2C)CC1.Cc1ccc(Cc2cccc(C=O)c2)cc1. The van der Waals surface area contributed by atoms with Gasteiger partial charge in [-0.25, -0.2) is 9.78 Å². The van der Waals surface area contributed by atoms with Gasteiger partial charge in [-0.05, 0) is 62.2 Å². The van der Waals surface area contributed by atoms with Crippen LogP contribution in [0.15, 0.2) is 66.7 Å². The highest BCUT2D eigenvalue weighted by atomic mass is 16.5. The third-order valence-electron chi connectivity index (χ3n) is 7.37. The van der Waals surface area contributed by atoms with Gasteiger partial charge in [0.05, 0.1) is 23.1 Å². The van der Waals surface area contributed by atoms with Gasteiger partial charge in [-0.1, -0.05) is 48.0 Å². The minimum atomic E-state index is -0.904. The van der Waals surface area contributed by atoms with Gasteiger partial charge in [0.25, 0.3) is 0 Å². The summed E-state index contributed by atoms with van der Waals surface area (Å²) in [6.07, 6.45) is 3.04. The zero-order chi connectivity index (χ0) is 29.2. The minimum Gasteiger partial charge on any atom is -0.478 e. The number of aromatic carboxylic acids is 1. The average molecular weight is 557 g/mol. The summed E-state index contributed by atoms with van der Waals surface area (Å²) in [4.78, 5) is 31.1. The van der Waals surface area contributed by atoms with Crippen LogP contribution in [0.2, 0.25) is 0 Å². The van der Waals surface area contributed by atoms with Gasteiger partial charge in [0.1, 0.15) is 12.1 Å². The second-order valence-electron chi connectivity index (χ2n) is 10.7. The highest BCUT2D eigenvalue weighted by molar-refractivity contribution is 5.92. The van der Waals surface area contributed by atoms with Crippen molar-refractivity contribution in [3.63, 3.8) is 0 Å². The van der Waals surface area contributed by atoms with E-state index >= 15 is 0 Å². The number of hydrogen-bond acceptors (Lipinski definition) is 6. The number of carbonyl (C=O) groups excluding carboxylic acids is 1. The lowest BCUT2D eigenvalue weighted by Crippen LogP contribution is -2.44. The summed E-state index contributed by atoms with van der Waals surface area (Å²) in [6, 6.07) is 21.3. The van der Waals surface area contributed by atoms with E-state index in [2.05, 4.69) is 53.0 Å². The molecule has 0 saturated carbocycles. The van der Waals surface area contributed by atoms with Crippen molar-refractivity contribution in [3.8, 4) is 0 Å². The standard InChI is InChI=1S/C15H20N4O2.C15H14O.C3H6O/c1-17-5-7-19(8-6-17)10-14-16-12-4-3-11(15(20)21)9-13(12)18(14)2;1-12-5-7-13(8-6-12)9-14-3-2-4-15(10-14)11-16;1-2-4-3-1/h3-4,9H,5-8,10H2,1-2H3,(H,20,21);2-8,10-11H,9H2,1H3;1-3H2. The van der Waals surface area contributed by atoms with Crippen molar-refractivity contribution in [3.05, 3.63) is 100 Å². The van der Waals surface area contributed by atoms with Crippen molar-refractivity contribution in [2.45, 2.75) is 26.3 Å². The van der Waals surface area contributed by atoms with Gasteiger partial charge >= 0.3 is 5.97 Å². The van der Waals surface area contributed by atoms with E-state index in [0.717, 1.165) is 81.1 Å². The number of benzene rings is 3. The Morgan fingerprint density at radius 3 is 2.24 bits per heavy atom. The van der Waals surface area contributed by atoms with Crippen LogP contribution in [0.4, 0.5) is 0 Å². The summed E-state index contributed by atoms with van der Waals surface area (Å²) in [5, 5.41) is 9.09. The molecule has 2 fully saturated rings. The number of aldehydes is 1. The molecule has 8 heteroatoms. The number of carboxylic acid groups (broad SMARTS) is 1. The van der Waals surface area contributed by atoms with Gasteiger partial charge in [-0.3, -0.25) is 9.69 Å². The maximum absolute atomic E-state index is 11.1. The summed E-state index contributed by atoms with van der Waals surface area (Å²) >= 11 is 0. The Kier molecular flexibility index (Phi) is 10.8. The van der Waals surface area contributed by atoms with Crippen LogP contribution in [0.25, 0.3) is 11.0 Å². The van der Waals surface area contributed by atoms with Crippen molar-refractivity contribution in [1.29, 1.82) is 0 Å². The van der Waals surface area contributed by atoms with Gasteiger partial charge in [0.15, 0.2) is 0 Å². The number of piperazine rings is 1. The first-order valence-corrected chi connectivity index (χ1v) is 14.1. The van der Waals surface area contributed by atoms with Crippen LogP contribution < -0.4 is 0 Å². The maximum atomic E-state index is 11.1. The van der Waals surface area contributed by atoms with Crippen LogP contribution in [0.1, 0.15) is 49.7 Å². The summed E-state index contributed by atoms with van der Waals surface area (Å²) in [7, 11) is 4.09. The fourth-order valence-corrected chi connectivity index (χ4v) is 4.58. The number of rotatable bonds is 6. The number of aryl methyl sites for hydroxylation is 2. The lowest BCUT2D eigenvalue weighted by Gasteiger charge is -2.31. The lowest BCUT2D eigenvalue weighted by molar-refractivity contribution is 0.0367. The molecule has 8 nitrogen and oxygen atoms in total. The quantitative estimate of drug-likeness (QED) is 0.341. The molecular weight excluding hydrogens is 516 g/mol. The lowest BCUT2D eigenvalue weighted by atomic mass is 10.0. The normalized spacial score (nSPS) is 15.2. The number of nitrogens with zero attached hydrogens (tertiary/aromatic N) is 4. The number of imidazole rings is 1. The number of carbonyl (C=O) groups is 2. The topological polar surface area (TPSA) is 87.9 Å². The third-order valence-corrected chi connectivity index (χ3v) is 7.37. The number of ether oxygens (including phenoxy) is 1. The fourth-order valence-electron chi connectivity index (χ4n) is 4.58. The Bertz CT molecular complexity index is 1430. The average Bonchev–Trinajstić information content (AvgIpc) is 3.25. The summed E-state index contributed by atoms with van der Waals surface area (Å²) in [6.45, 7) is 9.12. The van der Waals surface area contributed by atoms with Crippen molar-refractivity contribution >= 4 is 23.3 Å². The van der Waals surface area contributed by atoms with Crippen LogP contribution in [0.3, 0.4) is 0 Å². The van der Waals surface area contributed by atoms with Crippen molar-refractivity contribution in [2.75, 3.05) is 46.4 Å². The van der Waals surface area contributed by atoms with Gasteiger partial charge < -0.3 is 19.3 Å². The molecule has 1 aromatic heterocycles. The molecule has 2 aliphatic rings. The van der Waals surface area contributed by atoms with Crippen LogP contribution in [-0.2, 0) is 24.8 Å². The first-order chi connectivity index (χ1) is 19.8. The number of fused-ring (bicyclic) bond motifs is 1.